The zero-order chi connectivity index (χ0) is 17.8. The highest BCUT2D eigenvalue weighted by Gasteiger charge is 2.29. The molecule has 3 nitrogen and oxygen atoms in total. The summed E-state index contributed by atoms with van der Waals surface area (Å²) in [5.41, 5.74) is 3.59. The summed E-state index contributed by atoms with van der Waals surface area (Å²) in [5.74, 6) is -0.199. The highest BCUT2D eigenvalue weighted by Crippen LogP contribution is 2.42. The molecule has 0 saturated heterocycles. The first-order valence-corrected chi connectivity index (χ1v) is 10.1. The van der Waals surface area contributed by atoms with Crippen LogP contribution < -0.4 is 4.90 Å². The predicted molar refractivity (Wildman–Crippen MR) is 107 cm³/mol. The summed E-state index contributed by atoms with van der Waals surface area (Å²) in [7, 11) is 0. The van der Waals surface area contributed by atoms with Gasteiger partial charge < -0.3 is 0 Å². The van der Waals surface area contributed by atoms with Gasteiger partial charge in [-0.05, 0) is 36.8 Å². The van der Waals surface area contributed by atoms with Gasteiger partial charge in [0, 0.05) is 20.9 Å². The fourth-order valence-corrected chi connectivity index (χ4v) is 4.23. The lowest BCUT2D eigenvalue weighted by molar-refractivity contribution is 0.0995. The van der Waals surface area contributed by atoms with Gasteiger partial charge in [-0.1, -0.05) is 36.4 Å². The SMILES string of the molecule is CSC(SC)=C1C=C(C#N)N(C(=O)c2ccccc2)c2ccccc21. The van der Waals surface area contributed by atoms with E-state index < -0.39 is 0 Å². The topological polar surface area (TPSA) is 44.1 Å². The molecule has 1 aliphatic rings. The number of hydrogen-bond acceptors (Lipinski definition) is 4. The fourth-order valence-electron chi connectivity index (χ4n) is 2.79. The van der Waals surface area contributed by atoms with Crippen LogP contribution in [0.2, 0.25) is 0 Å². The van der Waals surface area contributed by atoms with E-state index in [1.807, 2.05) is 61.1 Å². The number of anilines is 1. The summed E-state index contributed by atoms with van der Waals surface area (Å²) in [6.45, 7) is 0. The number of carbonyl (C=O) groups excluding carboxylic acids is 1. The molecule has 1 amide bonds. The van der Waals surface area contributed by atoms with Crippen LogP contribution in [0.4, 0.5) is 5.69 Å². The van der Waals surface area contributed by atoms with Gasteiger partial charge in [-0.15, -0.1) is 23.5 Å². The Morgan fingerprint density at radius 2 is 1.64 bits per heavy atom. The first-order valence-electron chi connectivity index (χ1n) is 7.64. The van der Waals surface area contributed by atoms with Gasteiger partial charge in [0.15, 0.2) is 0 Å². The molecular weight excluding hydrogens is 348 g/mol. The van der Waals surface area contributed by atoms with Gasteiger partial charge in [-0.25, -0.2) is 0 Å². The lowest BCUT2D eigenvalue weighted by atomic mass is 9.98. The van der Waals surface area contributed by atoms with Crippen molar-refractivity contribution in [3.8, 4) is 6.07 Å². The smallest absolute Gasteiger partial charge is 0.263 e. The van der Waals surface area contributed by atoms with E-state index in [0.717, 1.165) is 21.1 Å². The third-order valence-electron chi connectivity index (χ3n) is 3.89. The quantitative estimate of drug-likeness (QED) is 0.755. The predicted octanol–water partition coefficient (Wildman–Crippen LogP) is 5.15. The number of amides is 1. The number of nitrogens with zero attached hydrogens (tertiary/aromatic N) is 2. The molecular formula is C20H16N2OS2. The van der Waals surface area contributed by atoms with Crippen molar-refractivity contribution in [1.82, 2.24) is 0 Å². The number of fused-ring (bicyclic) bond motifs is 1. The van der Waals surface area contributed by atoms with Crippen molar-refractivity contribution in [2.24, 2.45) is 0 Å². The lowest BCUT2D eigenvalue weighted by Gasteiger charge is -2.29. The van der Waals surface area contributed by atoms with Gasteiger partial charge in [0.1, 0.15) is 11.8 Å². The molecule has 1 aliphatic heterocycles. The van der Waals surface area contributed by atoms with Gasteiger partial charge in [0.25, 0.3) is 5.91 Å². The largest absolute Gasteiger partial charge is 0.268 e. The van der Waals surface area contributed by atoms with Gasteiger partial charge >= 0.3 is 0 Å². The molecule has 3 rings (SSSR count). The zero-order valence-corrected chi connectivity index (χ0v) is 15.5. The molecule has 1 heterocycles. The summed E-state index contributed by atoms with van der Waals surface area (Å²) in [5, 5.41) is 9.68. The molecule has 0 unspecified atom stereocenters. The molecule has 0 aromatic heterocycles. The van der Waals surface area contributed by atoms with Crippen molar-refractivity contribution in [1.29, 1.82) is 5.26 Å². The first-order chi connectivity index (χ1) is 12.2. The molecule has 25 heavy (non-hydrogen) atoms. The molecule has 2 aromatic rings. The zero-order valence-electron chi connectivity index (χ0n) is 13.9. The number of benzene rings is 2. The van der Waals surface area contributed by atoms with Crippen LogP contribution in [0.25, 0.3) is 5.57 Å². The van der Waals surface area contributed by atoms with Crippen molar-refractivity contribution >= 4 is 40.7 Å². The molecule has 124 valence electrons. The van der Waals surface area contributed by atoms with Crippen molar-refractivity contribution in [3.63, 3.8) is 0 Å². The molecule has 0 atom stereocenters. The second kappa shape index (κ2) is 7.64. The normalized spacial score (nSPS) is 12.9. The third-order valence-corrected chi connectivity index (χ3v) is 6.07. The van der Waals surface area contributed by atoms with Crippen LogP contribution in [-0.2, 0) is 0 Å². The van der Waals surface area contributed by atoms with Crippen LogP contribution in [-0.4, -0.2) is 18.4 Å². The molecule has 2 aromatic carbocycles. The Morgan fingerprint density at radius 3 is 2.28 bits per heavy atom. The molecule has 0 N–H and O–H groups in total. The maximum absolute atomic E-state index is 13.1. The second-order valence-electron chi connectivity index (χ2n) is 5.27. The van der Waals surface area contributed by atoms with Crippen LogP contribution in [0.3, 0.4) is 0 Å². The number of hydrogen-bond donors (Lipinski definition) is 0. The first kappa shape index (κ1) is 17.4. The highest BCUT2D eigenvalue weighted by atomic mass is 32.2. The van der Waals surface area contributed by atoms with Gasteiger partial charge in [-0.3, -0.25) is 9.69 Å². The fraction of sp³-hybridized carbons (Fsp3) is 0.100. The van der Waals surface area contributed by atoms with E-state index >= 15 is 0 Å². The highest BCUT2D eigenvalue weighted by molar-refractivity contribution is 8.21. The number of carbonyl (C=O) groups is 1. The average Bonchev–Trinajstić information content (AvgIpc) is 2.68. The van der Waals surface area contributed by atoms with E-state index in [-0.39, 0.29) is 5.91 Å². The Balaban J connectivity index is 2.22. The molecule has 0 spiro atoms. The van der Waals surface area contributed by atoms with Crippen molar-refractivity contribution < 1.29 is 4.79 Å². The standard InChI is InChI=1S/C20H16N2OS2/c1-24-20(25-2)17-12-15(13-21)22(18-11-7-6-10-16(17)18)19(23)14-8-4-3-5-9-14/h3-12H,1-2H3. The molecule has 0 saturated carbocycles. The number of allylic oxidation sites excluding steroid dienone is 3. The van der Waals surface area contributed by atoms with Crippen molar-refractivity contribution in [3.05, 3.63) is 81.7 Å². The molecule has 0 aliphatic carbocycles. The van der Waals surface area contributed by atoms with E-state index in [0.29, 0.717) is 11.3 Å². The summed E-state index contributed by atoms with van der Waals surface area (Å²) in [6, 6.07) is 19.0. The Labute approximate surface area is 156 Å². The van der Waals surface area contributed by atoms with Gasteiger partial charge in [0.2, 0.25) is 0 Å². The Morgan fingerprint density at radius 1 is 1.00 bits per heavy atom. The van der Waals surface area contributed by atoms with Crippen LogP contribution in [0, 0.1) is 11.3 Å². The minimum absolute atomic E-state index is 0.199. The van der Waals surface area contributed by atoms with E-state index in [1.54, 1.807) is 35.7 Å². The third kappa shape index (κ3) is 3.23. The Hall–Kier alpha value is -2.42. The van der Waals surface area contributed by atoms with Gasteiger partial charge in [-0.2, -0.15) is 5.26 Å². The maximum atomic E-state index is 13.1. The monoisotopic (exact) mass is 364 g/mol. The lowest BCUT2D eigenvalue weighted by Crippen LogP contribution is -2.32. The Bertz CT molecular complexity index is 905. The van der Waals surface area contributed by atoms with Crippen LogP contribution in [0.15, 0.2) is 70.6 Å². The van der Waals surface area contributed by atoms with Gasteiger partial charge in [0.05, 0.1) is 5.69 Å². The minimum Gasteiger partial charge on any atom is -0.268 e. The number of thioether (sulfide) groups is 2. The van der Waals surface area contributed by atoms with E-state index in [2.05, 4.69) is 6.07 Å². The number of rotatable bonds is 3. The van der Waals surface area contributed by atoms with E-state index in [4.69, 9.17) is 0 Å². The summed E-state index contributed by atoms with van der Waals surface area (Å²) in [4.78, 5) is 14.6. The second-order valence-corrected chi connectivity index (χ2v) is 7.17. The van der Waals surface area contributed by atoms with Crippen LogP contribution in [0.1, 0.15) is 15.9 Å². The van der Waals surface area contributed by atoms with Crippen LogP contribution in [0.5, 0.6) is 0 Å². The van der Waals surface area contributed by atoms with Crippen molar-refractivity contribution in [2.45, 2.75) is 0 Å². The molecule has 0 bridgehead atoms. The molecule has 0 fully saturated rings. The van der Waals surface area contributed by atoms with E-state index in [1.165, 1.54) is 4.90 Å². The summed E-state index contributed by atoms with van der Waals surface area (Å²) in [6.07, 6.45) is 5.84. The summed E-state index contributed by atoms with van der Waals surface area (Å²) >= 11 is 3.29. The maximum Gasteiger partial charge on any atom is 0.263 e. The Kier molecular flexibility index (Phi) is 5.32. The van der Waals surface area contributed by atoms with Crippen LogP contribution >= 0.6 is 23.5 Å². The van der Waals surface area contributed by atoms with Crippen molar-refractivity contribution in [2.75, 3.05) is 17.4 Å². The number of nitriles is 1. The summed E-state index contributed by atoms with van der Waals surface area (Å²) < 4.78 is 1.12. The molecule has 0 radical (unpaired) electrons. The van der Waals surface area contributed by atoms with E-state index in [9.17, 15) is 10.1 Å². The average molecular weight is 364 g/mol. The molecule has 5 heteroatoms. The minimum atomic E-state index is -0.199. The number of para-hydroxylation sites is 1.